The van der Waals surface area contributed by atoms with Gasteiger partial charge in [0.1, 0.15) is 11.3 Å². The van der Waals surface area contributed by atoms with Gasteiger partial charge in [-0.1, -0.05) is 0 Å². The molecular weight excluding hydrogens is 408 g/mol. The SMILES string of the molecule is COc1ccc(-c2nc(C3CCN(C(=O)c4ccsc4)CC3)cc3c2ncn3C)cc1. The van der Waals surface area contributed by atoms with Crippen LogP contribution in [0.5, 0.6) is 5.75 Å². The van der Waals surface area contributed by atoms with Gasteiger partial charge in [-0.05, 0) is 54.6 Å². The highest BCUT2D eigenvalue weighted by molar-refractivity contribution is 7.08. The third kappa shape index (κ3) is 3.70. The molecule has 0 aliphatic carbocycles. The number of imidazole rings is 1. The summed E-state index contributed by atoms with van der Waals surface area (Å²) in [7, 11) is 3.68. The number of pyridine rings is 1. The molecule has 1 aliphatic rings. The van der Waals surface area contributed by atoms with Gasteiger partial charge in [0.2, 0.25) is 0 Å². The molecule has 31 heavy (non-hydrogen) atoms. The molecule has 4 heterocycles. The van der Waals surface area contributed by atoms with E-state index in [1.54, 1.807) is 18.4 Å². The quantitative estimate of drug-likeness (QED) is 0.468. The lowest BCUT2D eigenvalue weighted by Gasteiger charge is -2.31. The van der Waals surface area contributed by atoms with Crippen molar-refractivity contribution in [3.05, 3.63) is 64.7 Å². The number of aryl methyl sites for hydroxylation is 1. The number of hydrogen-bond acceptors (Lipinski definition) is 5. The molecule has 1 aromatic carbocycles. The lowest BCUT2D eigenvalue weighted by atomic mass is 9.92. The molecule has 1 amide bonds. The van der Waals surface area contributed by atoms with E-state index < -0.39 is 0 Å². The molecule has 0 bridgehead atoms. The van der Waals surface area contributed by atoms with Gasteiger partial charge in [-0.15, -0.1) is 0 Å². The molecule has 0 atom stereocenters. The van der Waals surface area contributed by atoms with Crippen molar-refractivity contribution >= 4 is 28.3 Å². The van der Waals surface area contributed by atoms with E-state index in [1.807, 2.05) is 63.9 Å². The molecule has 0 unspecified atom stereocenters. The molecule has 0 spiro atoms. The zero-order valence-corrected chi connectivity index (χ0v) is 18.4. The summed E-state index contributed by atoms with van der Waals surface area (Å²) in [6.07, 6.45) is 3.66. The lowest BCUT2D eigenvalue weighted by molar-refractivity contribution is 0.0712. The number of amides is 1. The molecule has 1 fully saturated rings. The van der Waals surface area contributed by atoms with Gasteiger partial charge in [0.25, 0.3) is 5.91 Å². The summed E-state index contributed by atoms with van der Waals surface area (Å²) < 4.78 is 7.34. The molecule has 5 rings (SSSR count). The Morgan fingerprint density at radius 1 is 1.16 bits per heavy atom. The normalized spacial score (nSPS) is 14.8. The minimum atomic E-state index is 0.133. The van der Waals surface area contributed by atoms with Crippen LogP contribution in [0.3, 0.4) is 0 Å². The number of ether oxygens (including phenoxy) is 1. The van der Waals surface area contributed by atoms with E-state index in [9.17, 15) is 4.79 Å². The van der Waals surface area contributed by atoms with E-state index in [2.05, 4.69) is 11.1 Å². The van der Waals surface area contributed by atoms with Gasteiger partial charge in [0, 0.05) is 42.7 Å². The van der Waals surface area contributed by atoms with Gasteiger partial charge in [-0.3, -0.25) is 9.78 Å². The number of methoxy groups -OCH3 is 1. The minimum Gasteiger partial charge on any atom is -0.497 e. The Hall–Kier alpha value is -3.19. The van der Waals surface area contributed by atoms with Crippen LogP contribution in [0.2, 0.25) is 0 Å². The fourth-order valence-corrected chi connectivity index (χ4v) is 4.88. The van der Waals surface area contributed by atoms with E-state index >= 15 is 0 Å². The Morgan fingerprint density at radius 2 is 1.94 bits per heavy atom. The Bertz CT molecular complexity index is 1210. The Balaban J connectivity index is 1.44. The van der Waals surface area contributed by atoms with Gasteiger partial charge in [0.05, 0.1) is 30.2 Å². The summed E-state index contributed by atoms with van der Waals surface area (Å²) in [5, 5.41) is 3.88. The van der Waals surface area contributed by atoms with E-state index in [1.165, 1.54) is 0 Å². The predicted octanol–water partition coefficient (Wildman–Crippen LogP) is 4.73. The molecule has 158 valence electrons. The topological polar surface area (TPSA) is 60.2 Å². The largest absolute Gasteiger partial charge is 0.497 e. The molecule has 3 aromatic heterocycles. The van der Waals surface area contributed by atoms with Crippen molar-refractivity contribution in [2.24, 2.45) is 7.05 Å². The summed E-state index contributed by atoms with van der Waals surface area (Å²) >= 11 is 1.56. The first kappa shape index (κ1) is 19.8. The first-order chi connectivity index (χ1) is 15.1. The van der Waals surface area contributed by atoms with Gasteiger partial charge in [-0.2, -0.15) is 11.3 Å². The number of likely N-dealkylation sites (tertiary alicyclic amines) is 1. The molecular formula is C24H24N4O2S. The minimum absolute atomic E-state index is 0.133. The summed E-state index contributed by atoms with van der Waals surface area (Å²) in [4.78, 5) is 24.3. The van der Waals surface area contributed by atoms with Crippen LogP contribution in [-0.2, 0) is 7.05 Å². The molecule has 7 heteroatoms. The average Bonchev–Trinajstić information content (AvgIpc) is 3.49. The highest BCUT2D eigenvalue weighted by Crippen LogP contribution is 2.34. The number of benzene rings is 1. The van der Waals surface area contributed by atoms with Gasteiger partial charge in [-0.25, -0.2) is 4.98 Å². The number of nitrogens with zero attached hydrogens (tertiary/aromatic N) is 4. The van der Waals surface area contributed by atoms with Crippen molar-refractivity contribution in [2.45, 2.75) is 18.8 Å². The number of fused-ring (bicyclic) bond motifs is 1. The first-order valence-corrected chi connectivity index (χ1v) is 11.4. The second kappa shape index (κ2) is 8.15. The maximum absolute atomic E-state index is 12.7. The molecule has 0 radical (unpaired) electrons. The third-order valence-electron chi connectivity index (χ3n) is 6.06. The Labute approximate surface area is 185 Å². The smallest absolute Gasteiger partial charge is 0.254 e. The van der Waals surface area contributed by atoms with E-state index in [0.29, 0.717) is 5.92 Å². The van der Waals surface area contributed by atoms with Crippen LogP contribution in [-0.4, -0.2) is 45.5 Å². The molecule has 1 aliphatic heterocycles. The van der Waals surface area contributed by atoms with Crippen molar-refractivity contribution in [1.82, 2.24) is 19.4 Å². The van der Waals surface area contributed by atoms with Crippen molar-refractivity contribution in [1.29, 1.82) is 0 Å². The maximum Gasteiger partial charge on any atom is 0.254 e. The van der Waals surface area contributed by atoms with Crippen LogP contribution < -0.4 is 4.74 Å². The van der Waals surface area contributed by atoms with Crippen molar-refractivity contribution in [3.8, 4) is 17.0 Å². The fourth-order valence-electron chi connectivity index (χ4n) is 4.25. The van der Waals surface area contributed by atoms with Crippen molar-refractivity contribution in [3.63, 3.8) is 0 Å². The molecule has 6 nitrogen and oxygen atoms in total. The first-order valence-electron chi connectivity index (χ1n) is 10.4. The molecule has 1 saturated heterocycles. The predicted molar refractivity (Wildman–Crippen MR) is 123 cm³/mol. The number of hydrogen-bond donors (Lipinski definition) is 0. The van der Waals surface area contributed by atoms with Crippen LogP contribution in [0.1, 0.15) is 34.8 Å². The fraction of sp³-hybridized carbons (Fsp3) is 0.292. The number of carbonyl (C=O) groups is 1. The van der Waals surface area contributed by atoms with Gasteiger partial charge >= 0.3 is 0 Å². The molecule has 0 saturated carbocycles. The monoisotopic (exact) mass is 432 g/mol. The number of thiophene rings is 1. The van der Waals surface area contributed by atoms with Crippen molar-refractivity contribution in [2.75, 3.05) is 20.2 Å². The average molecular weight is 433 g/mol. The number of rotatable bonds is 4. The summed E-state index contributed by atoms with van der Waals surface area (Å²) in [6.45, 7) is 1.50. The van der Waals surface area contributed by atoms with Crippen LogP contribution in [0, 0.1) is 0 Å². The van der Waals surface area contributed by atoms with E-state index in [0.717, 1.165) is 65.2 Å². The van der Waals surface area contributed by atoms with E-state index in [4.69, 9.17) is 9.72 Å². The number of piperidine rings is 1. The number of carbonyl (C=O) groups excluding carboxylic acids is 1. The molecule has 0 N–H and O–H groups in total. The van der Waals surface area contributed by atoms with Gasteiger partial charge < -0.3 is 14.2 Å². The second-order valence-electron chi connectivity index (χ2n) is 7.93. The Morgan fingerprint density at radius 3 is 2.61 bits per heavy atom. The van der Waals surface area contributed by atoms with E-state index in [-0.39, 0.29) is 5.91 Å². The summed E-state index contributed by atoms with van der Waals surface area (Å²) in [5.74, 6) is 1.27. The lowest BCUT2D eigenvalue weighted by Crippen LogP contribution is -2.37. The highest BCUT2D eigenvalue weighted by atomic mass is 32.1. The third-order valence-corrected chi connectivity index (χ3v) is 6.75. The van der Waals surface area contributed by atoms with Crippen LogP contribution in [0.15, 0.2) is 53.5 Å². The van der Waals surface area contributed by atoms with Crippen LogP contribution in [0.25, 0.3) is 22.3 Å². The van der Waals surface area contributed by atoms with Crippen molar-refractivity contribution < 1.29 is 9.53 Å². The van der Waals surface area contributed by atoms with Crippen LogP contribution >= 0.6 is 11.3 Å². The zero-order valence-electron chi connectivity index (χ0n) is 17.6. The zero-order chi connectivity index (χ0) is 21.4. The summed E-state index contributed by atoms with van der Waals surface area (Å²) in [5.41, 5.74) is 5.77. The second-order valence-corrected chi connectivity index (χ2v) is 8.71. The molecule has 4 aromatic rings. The standard InChI is InChI=1S/C24H24N4O2S/c1-27-15-25-23-21(27)13-20(26-22(23)17-3-5-19(30-2)6-4-17)16-7-10-28(11-8-16)24(29)18-9-12-31-14-18/h3-6,9,12-16H,7-8,10-11H2,1-2H3. The summed E-state index contributed by atoms with van der Waals surface area (Å²) in [6, 6.07) is 12.0. The number of aromatic nitrogens is 3. The Kier molecular flexibility index (Phi) is 5.19. The highest BCUT2D eigenvalue weighted by Gasteiger charge is 2.26. The maximum atomic E-state index is 12.7. The van der Waals surface area contributed by atoms with Gasteiger partial charge in [0.15, 0.2) is 0 Å². The van der Waals surface area contributed by atoms with Crippen LogP contribution in [0.4, 0.5) is 0 Å².